The van der Waals surface area contributed by atoms with Gasteiger partial charge in [-0.3, -0.25) is 11.8 Å². The molecular weight excluding hydrogens is 1160 g/mol. The van der Waals surface area contributed by atoms with Gasteiger partial charge in [-0.2, -0.15) is 22.7 Å². The van der Waals surface area contributed by atoms with Crippen molar-refractivity contribution in [1.29, 1.82) is 0 Å². The van der Waals surface area contributed by atoms with Gasteiger partial charge in [-0.1, -0.05) is 133 Å². The van der Waals surface area contributed by atoms with Gasteiger partial charge in [0.25, 0.3) is 0 Å². The van der Waals surface area contributed by atoms with Crippen LogP contribution >= 0.6 is 38.5 Å². The van der Waals surface area contributed by atoms with E-state index in [1.165, 1.54) is 58.1 Å². The predicted octanol–water partition coefficient (Wildman–Crippen LogP) is 12.7. The van der Waals surface area contributed by atoms with Gasteiger partial charge in [-0.15, -0.1) is 23.3 Å². The molecule has 2 aromatic heterocycles. The first-order valence-electron chi connectivity index (χ1n) is 18.8. The Balaban J connectivity index is 0.000000156. The van der Waals surface area contributed by atoms with Crippen LogP contribution in [0, 0.1) is 24.7 Å². The van der Waals surface area contributed by atoms with Crippen molar-refractivity contribution >= 4 is 100 Å². The normalized spacial score (nSPS) is 10.4. The Hall–Kier alpha value is -4.34. The molecule has 2 heterocycles. The fourth-order valence-electron chi connectivity index (χ4n) is 7.17. The molecule has 8 aromatic carbocycles. The van der Waals surface area contributed by atoms with E-state index >= 15 is 0 Å². The van der Waals surface area contributed by atoms with E-state index in [1.54, 1.807) is 22.7 Å². The molecular formula is C53H38Au2P2S2+2. The minimum absolute atomic E-state index is 0. The van der Waals surface area contributed by atoms with Gasteiger partial charge in [0.15, 0.2) is 5.90 Å². The van der Waals surface area contributed by atoms with Crippen LogP contribution in [-0.2, 0) is 44.8 Å². The number of benzene rings is 8. The molecule has 0 radical (unpaired) electrons. The van der Waals surface area contributed by atoms with Crippen LogP contribution in [-0.4, -0.2) is 5.90 Å². The van der Waals surface area contributed by atoms with Crippen molar-refractivity contribution in [2.45, 2.75) is 0 Å². The summed E-state index contributed by atoms with van der Waals surface area (Å²) in [5.74, 6) is 6.23. The third-order valence-electron chi connectivity index (χ3n) is 9.92. The van der Waals surface area contributed by atoms with Crippen molar-refractivity contribution in [3.05, 3.63) is 230 Å². The van der Waals surface area contributed by atoms with Gasteiger partial charge in [-0.25, -0.2) is 0 Å². The van der Waals surface area contributed by atoms with Crippen LogP contribution in [0.1, 0.15) is 11.1 Å². The molecule has 0 fully saturated rings. The number of fused-ring (bicyclic) bond motifs is 6. The first-order valence-corrected chi connectivity index (χ1v) is 23.9. The Kier molecular flexibility index (Phi) is 16.3. The molecule has 10 aromatic rings. The maximum Gasteiger partial charge on any atom is 1.00 e. The fourth-order valence-corrected chi connectivity index (χ4v) is 17.2. The molecule has 0 N–H and O–H groups in total. The summed E-state index contributed by atoms with van der Waals surface area (Å²) in [5.41, 5.74) is 1.77. The minimum atomic E-state index is -0.847. The largest absolute Gasteiger partial charge is 1.00 e. The zero-order valence-corrected chi connectivity index (χ0v) is 39.7. The van der Waals surface area contributed by atoms with Crippen LogP contribution in [0.25, 0.3) is 40.3 Å². The number of hydrogen-bond acceptors (Lipinski definition) is 2. The third kappa shape index (κ3) is 10.3. The van der Waals surface area contributed by atoms with Crippen molar-refractivity contribution in [3.63, 3.8) is 0 Å². The summed E-state index contributed by atoms with van der Waals surface area (Å²) in [7, 11) is -1.69. The summed E-state index contributed by atoms with van der Waals surface area (Å²) in [6.07, 6.45) is 14.5. The van der Waals surface area contributed by atoms with E-state index in [2.05, 4.69) is 182 Å². The summed E-state index contributed by atoms with van der Waals surface area (Å²) in [4.78, 5) is 0. The molecule has 0 saturated carbocycles. The zero-order chi connectivity index (χ0) is 38.8. The van der Waals surface area contributed by atoms with Crippen LogP contribution in [0.15, 0.2) is 206 Å². The van der Waals surface area contributed by atoms with Gasteiger partial charge in [0.1, 0.15) is 37.1 Å². The molecule has 10 rings (SSSR count). The number of rotatable bonds is 6. The second-order valence-corrected chi connectivity index (χ2v) is 21.2. The van der Waals surface area contributed by atoms with Gasteiger partial charge in [0.2, 0.25) is 0 Å². The van der Waals surface area contributed by atoms with E-state index in [9.17, 15) is 0 Å². The predicted molar refractivity (Wildman–Crippen MR) is 257 cm³/mol. The summed E-state index contributed by atoms with van der Waals surface area (Å²) in [6, 6.07) is 73.2. The van der Waals surface area contributed by atoms with E-state index in [1.807, 2.05) is 36.4 Å². The minimum Gasteiger partial charge on any atom is -0.366 e. The molecule has 59 heavy (non-hydrogen) atoms. The van der Waals surface area contributed by atoms with Crippen molar-refractivity contribution in [1.82, 2.24) is 0 Å². The first-order chi connectivity index (χ1) is 28.2. The van der Waals surface area contributed by atoms with E-state index in [-0.39, 0.29) is 44.8 Å². The van der Waals surface area contributed by atoms with Gasteiger partial charge in [-0.05, 0) is 91.6 Å². The summed E-state index contributed by atoms with van der Waals surface area (Å²) < 4.78 is 4.87. The Bertz CT molecular complexity index is 2680. The molecule has 0 nitrogen and oxygen atoms in total. The van der Waals surface area contributed by atoms with Gasteiger partial charge >= 0.3 is 44.8 Å². The van der Waals surface area contributed by atoms with E-state index < -0.39 is 15.8 Å². The molecule has 0 saturated heterocycles. The van der Waals surface area contributed by atoms with Gasteiger partial charge in [0, 0.05) is 9.40 Å². The van der Waals surface area contributed by atoms with Crippen LogP contribution in [0.2, 0.25) is 0 Å². The monoisotopic (exact) mass is 1190 g/mol. The molecule has 0 unspecified atom stereocenters. The zero-order valence-electron chi connectivity index (χ0n) is 31.8. The Labute approximate surface area is 389 Å². The number of thiophene rings is 2. The summed E-state index contributed by atoms with van der Waals surface area (Å²) >= 11 is 3.46. The molecule has 0 aliphatic heterocycles. The summed E-state index contributed by atoms with van der Waals surface area (Å²) in [6.45, 7) is 0. The second kappa shape index (κ2) is 21.8. The number of hydrogen-bond donors (Lipinski definition) is 0. The molecule has 0 aliphatic rings. The SMILES string of the molecule is [Au+].[Au+].[C-]#Cc1cccc2c1sc1ccccc12.[C-]#Cc1cccc2c1sc1ccccc12.c1ccc([PH+](C[PH+](c2ccccc2)c2ccccc2)c2ccccc2)cc1. The molecule has 0 atom stereocenters. The fraction of sp³-hybridized carbons (Fsp3) is 0.0189. The Morgan fingerprint density at radius 1 is 0.339 bits per heavy atom. The maximum atomic E-state index is 7.26. The molecule has 0 amide bonds. The summed E-state index contributed by atoms with van der Waals surface area (Å²) in [5, 5.41) is 11.0. The smallest absolute Gasteiger partial charge is 0.366 e. The average molecular weight is 1190 g/mol. The molecule has 292 valence electrons. The van der Waals surface area contributed by atoms with Crippen LogP contribution in [0.4, 0.5) is 0 Å². The van der Waals surface area contributed by atoms with E-state index in [0.717, 1.165) is 20.5 Å². The van der Waals surface area contributed by atoms with Gasteiger partial charge in [0.05, 0.1) is 0 Å². The van der Waals surface area contributed by atoms with Crippen LogP contribution in [0.3, 0.4) is 0 Å². The maximum absolute atomic E-state index is 7.26. The van der Waals surface area contributed by atoms with Crippen molar-refractivity contribution in [3.8, 4) is 11.8 Å². The average Bonchev–Trinajstić information content (AvgIpc) is 3.87. The second-order valence-electron chi connectivity index (χ2n) is 13.4. The van der Waals surface area contributed by atoms with Gasteiger partial charge < -0.3 is 12.8 Å². The van der Waals surface area contributed by atoms with E-state index in [4.69, 9.17) is 12.8 Å². The van der Waals surface area contributed by atoms with E-state index in [0.29, 0.717) is 0 Å². The molecule has 0 bridgehead atoms. The van der Waals surface area contributed by atoms with Crippen molar-refractivity contribution in [2.75, 3.05) is 5.90 Å². The Morgan fingerprint density at radius 3 is 0.949 bits per heavy atom. The molecule has 0 aliphatic carbocycles. The quantitative estimate of drug-likeness (QED) is 0.0674. The molecule has 0 spiro atoms. The standard InChI is InChI=1S/C25H22P2.2C14H7S.2Au/c1-5-13-22(14-6-1)26(23-15-7-2-8-16-23)21-27(24-17-9-3-10-18-24)25-19-11-4-12-20-25;2*1-2-10-6-5-8-12-11-7-3-4-9-13(11)15-14(10)12;;/h1-20H,21H2;2*3-9H;;/q;2*-1;2*+1/p+2. The topological polar surface area (TPSA) is 0 Å². The van der Waals surface area contributed by atoms with Crippen molar-refractivity contribution in [2.24, 2.45) is 0 Å². The third-order valence-corrected chi connectivity index (χ3v) is 19.3. The first kappa shape index (κ1) is 44.2. The molecule has 6 heteroatoms. The van der Waals surface area contributed by atoms with Crippen LogP contribution < -0.4 is 21.2 Å². The Morgan fingerprint density at radius 2 is 0.627 bits per heavy atom. The van der Waals surface area contributed by atoms with Crippen molar-refractivity contribution < 1.29 is 44.8 Å². The van der Waals surface area contributed by atoms with Crippen LogP contribution in [0.5, 0.6) is 0 Å².